The highest BCUT2D eigenvalue weighted by Crippen LogP contribution is 2.44. The van der Waals surface area contributed by atoms with Crippen LogP contribution >= 0.6 is 0 Å². The number of carbonyl (C=O) groups excluding carboxylic acids is 2. The maximum absolute atomic E-state index is 14.8. The van der Waals surface area contributed by atoms with Gasteiger partial charge in [0.1, 0.15) is 17.8 Å². The molecule has 4 nitrogen and oxygen atoms in total. The van der Waals surface area contributed by atoms with E-state index in [2.05, 4.69) is 0 Å². The van der Waals surface area contributed by atoms with Gasteiger partial charge in [0, 0.05) is 17.2 Å². The Bertz CT molecular complexity index is 1220. The largest absolute Gasteiger partial charge is 0.465 e. The molecule has 7 heteroatoms. The van der Waals surface area contributed by atoms with Crippen molar-refractivity contribution in [3.8, 4) is 0 Å². The minimum atomic E-state index is -1.56. The lowest BCUT2D eigenvalue weighted by atomic mass is 9.83. The summed E-state index contributed by atoms with van der Waals surface area (Å²) in [5.74, 6) is -7.08. The molecule has 0 bridgehead atoms. The first kappa shape index (κ1) is 22.3. The van der Waals surface area contributed by atoms with Crippen LogP contribution in [0, 0.1) is 17.5 Å². The molecule has 0 amide bonds. The van der Waals surface area contributed by atoms with Crippen LogP contribution in [0.1, 0.15) is 29.5 Å². The highest BCUT2D eigenvalue weighted by Gasteiger charge is 2.45. The molecule has 1 aliphatic rings. The molecule has 1 heterocycles. The smallest absolute Gasteiger partial charge is 0.339 e. The van der Waals surface area contributed by atoms with Gasteiger partial charge in [-0.25, -0.2) is 18.0 Å². The highest BCUT2D eigenvalue weighted by atomic mass is 19.2. The van der Waals surface area contributed by atoms with Crippen molar-refractivity contribution in [2.75, 3.05) is 6.61 Å². The van der Waals surface area contributed by atoms with Crippen LogP contribution in [0.2, 0.25) is 0 Å². The minimum absolute atomic E-state index is 0.0444. The SMILES string of the molecule is CCOC(=O)C(c1cc(F)c(F)cc1F)C1OC(=O)C(c2ccccc2)=C1c1ccccc1. The van der Waals surface area contributed by atoms with Crippen molar-refractivity contribution in [3.63, 3.8) is 0 Å². The second kappa shape index (κ2) is 9.32. The first-order valence-electron chi connectivity index (χ1n) is 10.3. The summed E-state index contributed by atoms with van der Waals surface area (Å²) in [6.07, 6.45) is -1.33. The van der Waals surface area contributed by atoms with E-state index in [9.17, 15) is 22.8 Å². The second-order valence-corrected chi connectivity index (χ2v) is 7.36. The average Bonchev–Trinajstić information content (AvgIpc) is 3.15. The zero-order valence-electron chi connectivity index (χ0n) is 17.6. The molecular weight excluding hydrogens is 433 g/mol. The van der Waals surface area contributed by atoms with Crippen LogP contribution in [0.15, 0.2) is 72.8 Å². The van der Waals surface area contributed by atoms with Gasteiger partial charge in [0.05, 0.1) is 12.2 Å². The number of hydrogen-bond acceptors (Lipinski definition) is 4. The summed E-state index contributed by atoms with van der Waals surface area (Å²) in [4.78, 5) is 26.0. The molecule has 2 atom stereocenters. The maximum Gasteiger partial charge on any atom is 0.339 e. The number of ether oxygens (including phenoxy) is 2. The average molecular weight is 452 g/mol. The van der Waals surface area contributed by atoms with Gasteiger partial charge in [0.25, 0.3) is 0 Å². The van der Waals surface area contributed by atoms with Crippen LogP contribution in [-0.2, 0) is 19.1 Å². The predicted molar refractivity (Wildman–Crippen MR) is 115 cm³/mol. The first-order valence-corrected chi connectivity index (χ1v) is 10.3. The van der Waals surface area contributed by atoms with Gasteiger partial charge in [-0.1, -0.05) is 60.7 Å². The zero-order chi connectivity index (χ0) is 23.5. The number of halogens is 3. The monoisotopic (exact) mass is 452 g/mol. The van der Waals surface area contributed by atoms with Crippen molar-refractivity contribution in [1.82, 2.24) is 0 Å². The van der Waals surface area contributed by atoms with Gasteiger partial charge in [0.2, 0.25) is 0 Å². The number of cyclic esters (lactones) is 1. The van der Waals surface area contributed by atoms with Gasteiger partial charge in [-0.3, -0.25) is 4.79 Å². The van der Waals surface area contributed by atoms with Crippen molar-refractivity contribution >= 4 is 23.1 Å². The third kappa shape index (κ3) is 4.26. The van der Waals surface area contributed by atoms with Gasteiger partial charge in [-0.05, 0) is 24.1 Å². The topological polar surface area (TPSA) is 52.6 Å². The number of carbonyl (C=O) groups is 2. The Balaban J connectivity index is 1.96. The van der Waals surface area contributed by atoms with E-state index in [1.165, 1.54) is 0 Å². The molecule has 33 heavy (non-hydrogen) atoms. The summed E-state index contributed by atoms with van der Waals surface area (Å²) in [5, 5.41) is 0. The molecule has 0 saturated heterocycles. The quantitative estimate of drug-likeness (QED) is 0.377. The van der Waals surface area contributed by atoms with Gasteiger partial charge in [-0.15, -0.1) is 0 Å². The number of hydrogen-bond donors (Lipinski definition) is 0. The standard InChI is InChI=1S/C26H19F3O4/c1-2-32-25(30)23(17-13-19(28)20(29)14-18(17)27)24-21(15-9-5-3-6-10-15)22(26(31)33-24)16-11-7-4-8-12-16/h3-14,23-24H,2H2,1H3. The van der Waals surface area contributed by atoms with E-state index in [1.807, 2.05) is 0 Å². The Kier molecular flexibility index (Phi) is 6.31. The molecule has 2 unspecified atom stereocenters. The second-order valence-electron chi connectivity index (χ2n) is 7.36. The lowest BCUT2D eigenvalue weighted by molar-refractivity contribution is -0.150. The minimum Gasteiger partial charge on any atom is -0.465 e. The van der Waals surface area contributed by atoms with Gasteiger partial charge in [-0.2, -0.15) is 0 Å². The molecule has 0 aliphatic carbocycles. The van der Waals surface area contributed by atoms with Crippen LogP contribution in [0.5, 0.6) is 0 Å². The lowest BCUT2D eigenvalue weighted by Gasteiger charge is -2.24. The molecule has 0 radical (unpaired) electrons. The third-order valence-corrected chi connectivity index (χ3v) is 5.36. The van der Waals surface area contributed by atoms with Crippen LogP contribution in [0.25, 0.3) is 11.1 Å². The number of esters is 2. The van der Waals surface area contributed by atoms with Crippen LogP contribution in [0.3, 0.4) is 0 Å². The predicted octanol–water partition coefficient (Wildman–Crippen LogP) is 5.29. The summed E-state index contributed by atoms with van der Waals surface area (Å²) < 4.78 is 53.2. The summed E-state index contributed by atoms with van der Waals surface area (Å²) in [5.41, 5.74) is 1.16. The molecule has 0 spiro atoms. The van der Waals surface area contributed by atoms with Crippen LogP contribution in [-0.4, -0.2) is 24.6 Å². The summed E-state index contributed by atoms with van der Waals surface area (Å²) in [6, 6.07) is 18.3. The number of rotatable bonds is 6. The Morgan fingerprint density at radius 2 is 1.48 bits per heavy atom. The van der Waals surface area contributed by atoms with Crippen LogP contribution in [0.4, 0.5) is 13.2 Å². The fraction of sp³-hybridized carbons (Fsp3) is 0.154. The summed E-state index contributed by atoms with van der Waals surface area (Å²) >= 11 is 0. The molecule has 0 N–H and O–H groups in total. The molecular formula is C26H19F3O4. The maximum atomic E-state index is 14.8. The van der Waals surface area contributed by atoms with Crippen molar-refractivity contribution in [2.45, 2.75) is 18.9 Å². The van der Waals surface area contributed by atoms with E-state index in [0.29, 0.717) is 28.8 Å². The Hall–Kier alpha value is -3.87. The summed E-state index contributed by atoms with van der Waals surface area (Å²) in [6.45, 7) is 1.51. The van der Waals surface area contributed by atoms with E-state index in [0.717, 1.165) is 0 Å². The van der Waals surface area contributed by atoms with Crippen molar-refractivity contribution in [3.05, 3.63) is 107 Å². The lowest BCUT2D eigenvalue weighted by Crippen LogP contribution is -2.31. The van der Waals surface area contributed by atoms with E-state index in [4.69, 9.17) is 9.47 Å². The van der Waals surface area contributed by atoms with E-state index in [-0.39, 0.29) is 12.2 Å². The fourth-order valence-electron chi connectivity index (χ4n) is 3.95. The Labute approximate surface area is 188 Å². The Morgan fingerprint density at radius 1 is 0.909 bits per heavy atom. The van der Waals surface area contributed by atoms with E-state index >= 15 is 0 Å². The normalized spacial score (nSPS) is 16.5. The molecule has 0 saturated carbocycles. The molecule has 1 aliphatic heterocycles. The van der Waals surface area contributed by atoms with E-state index in [1.54, 1.807) is 67.6 Å². The van der Waals surface area contributed by atoms with E-state index < -0.39 is 47.0 Å². The molecule has 0 fully saturated rings. The van der Waals surface area contributed by atoms with Crippen molar-refractivity contribution in [1.29, 1.82) is 0 Å². The molecule has 168 valence electrons. The van der Waals surface area contributed by atoms with Crippen molar-refractivity contribution < 1.29 is 32.2 Å². The van der Waals surface area contributed by atoms with Crippen molar-refractivity contribution in [2.24, 2.45) is 0 Å². The fourth-order valence-corrected chi connectivity index (χ4v) is 3.95. The highest BCUT2D eigenvalue weighted by molar-refractivity contribution is 6.28. The van der Waals surface area contributed by atoms with Gasteiger partial charge >= 0.3 is 11.9 Å². The molecule has 0 aromatic heterocycles. The van der Waals surface area contributed by atoms with Gasteiger partial charge in [0.15, 0.2) is 11.6 Å². The Morgan fingerprint density at radius 3 is 2.09 bits per heavy atom. The zero-order valence-corrected chi connectivity index (χ0v) is 17.6. The third-order valence-electron chi connectivity index (χ3n) is 5.36. The first-order chi connectivity index (χ1) is 15.9. The number of benzene rings is 3. The summed E-state index contributed by atoms with van der Waals surface area (Å²) in [7, 11) is 0. The van der Waals surface area contributed by atoms with Gasteiger partial charge < -0.3 is 9.47 Å². The van der Waals surface area contributed by atoms with Crippen LogP contribution < -0.4 is 0 Å². The molecule has 3 aromatic carbocycles. The molecule has 4 rings (SSSR count). The molecule has 3 aromatic rings.